The summed E-state index contributed by atoms with van der Waals surface area (Å²) < 4.78 is 0. The Bertz CT molecular complexity index is 246. The van der Waals surface area contributed by atoms with Crippen LogP contribution in [0.15, 0.2) is 0 Å². The lowest BCUT2D eigenvalue weighted by atomic mass is 10.1. The summed E-state index contributed by atoms with van der Waals surface area (Å²) >= 11 is 0. The van der Waals surface area contributed by atoms with Gasteiger partial charge in [-0.05, 0) is 6.92 Å². The van der Waals surface area contributed by atoms with Gasteiger partial charge in [0.2, 0.25) is 5.91 Å². The Kier molecular flexibility index (Phi) is 3.78. The molecule has 0 aromatic heterocycles. The topological polar surface area (TPSA) is 47.6 Å². The number of nitrogens with one attached hydrogen (secondary N) is 2. The van der Waals surface area contributed by atoms with Gasteiger partial charge >= 0.3 is 0 Å². The third-order valence-corrected chi connectivity index (χ3v) is 3.80. The number of hydrogen-bond acceptors (Lipinski definition) is 4. The molecule has 0 radical (unpaired) electrons. The van der Waals surface area contributed by atoms with Gasteiger partial charge in [-0.3, -0.25) is 14.6 Å². The van der Waals surface area contributed by atoms with Crippen molar-refractivity contribution in [2.75, 3.05) is 46.3 Å². The first-order valence-corrected chi connectivity index (χ1v) is 6.13. The minimum absolute atomic E-state index is 0.00617. The zero-order chi connectivity index (χ0) is 11.5. The zero-order valence-electron chi connectivity index (χ0n) is 10.2. The third kappa shape index (κ3) is 2.36. The minimum Gasteiger partial charge on any atom is -0.358 e. The van der Waals surface area contributed by atoms with Gasteiger partial charge in [0.25, 0.3) is 0 Å². The predicted octanol–water partition coefficient (Wildman–Crippen LogP) is -1.29. The normalized spacial score (nSPS) is 26.1. The van der Waals surface area contributed by atoms with E-state index in [0.29, 0.717) is 0 Å². The van der Waals surface area contributed by atoms with E-state index in [1.165, 1.54) is 0 Å². The molecule has 0 aromatic rings. The van der Waals surface area contributed by atoms with Gasteiger partial charge in [-0.1, -0.05) is 0 Å². The summed E-state index contributed by atoms with van der Waals surface area (Å²) in [5.41, 5.74) is 0. The molecule has 1 unspecified atom stereocenters. The summed E-state index contributed by atoms with van der Waals surface area (Å²) in [6, 6.07) is 0.740. The quantitative estimate of drug-likeness (QED) is 0.629. The Morgan fingerprint density at radius 2 is 1.94 bits per heavy atom. The van der Waals surface area contributed by atoms with E-state index in [9.17, 15) is 4.79 Å². The van der Waals surface area contributed by atoms with Crippen molar-refractivity contribution >= 4 is 5.91 Å². The van der Waals surface area contributed by atoms with Crippen LogP contribution in [0.4, 0.5) is 0 Å². The highest BCUT2D eigenvalue weighted by Crippen LogP contribution is 2.11. The maximum Gasteiger partial charge on any atom is 0.236 e. The Morgan fingerprint density at radius 1 is 1.31 bits per heavy atom. The first kappa shape index (κ1) is 11.8. The second kappa shape index (κ2) is 5.12. The summed E-state index contributed by atoms with van der Waals surface area (Å²) in [6.45, 7) is 8.44. The SMILES string of the molecule is CNC(=O)C(C)N1CCN(C2CNC2)CC1. The van der Waals surface area contributed by atoms with Crippen LogP contribution in [0, 0.1) is 0 Å². The van der Waals surface area contributed by atoms with Gasteiger partial charge in [-0.25, -0.2) is 0 Å². The van der Waals surface area contributed by atoms with Crippen LogP contribution in [0.2, 0.25) is 0 Å². The van der Waals surface area contributed by atoms with Gasteiger partial charge < -0.3 is 10.6 Å². The average Bonchev–Trinajstić information content (AvgIpc) is 2.26. The van der Waals surface area contributed by atoms with Gasteiger partial charge in [-0.2, -0.15) is 0 Å². The number of hydrogen-bond donors (Lipinski definition) is 2. The Labute approximate surface area is 97.2 Å². The van der Waals surface area contributed by atoms with Gasteiger partial charge in [0.15, 0.2) is 0 Å². The van der Waals surface area contributed by atoms with E-state index >= 15 is 0 Å². The van der Waals surface area contributed by atoms with Gasteiger partial charge in [0.1, 0.15) is 0 Å². The molecule has 0 bridgehead atoms. The van der Waals surface area contributed by atoms with Gasteiger partial charge in [-0.15, -0.1) is 0 Å². The van der Waals surface area contributed by atoms with Crippen molar-refractivity contribution in [1.29, 1.82) is 0 Å². The second-order valence-electron chi connectivity index (χ2n) is 4.67. The Morgan fingerprint density at radius 3 is 2.38 bits per heavy atom. The summed E-state index contributed by atoms with van der Waals surface area (Å²) in [7, 11) is 1.70. The summed E-state index contributed by atoms with van der Waals surface area (Å²) in [5.74, 6) is 0.124. The first-order chi connectivity index (χ1) is 7.72. The van der Waals surface area contributed by atoms with E-state index < -0.39 is 0 Å². The third-order valence-electron chi connectivity index (χ3n) is 3.80. The molecular weight excluding hydrogens is 204 g/mol. The van der Waals surface area contributed by atoms with E-state index in [1.807, 2.05) is 6.92 Å². The predicted molar refractivity (Wildman–Crippen MR) is 63.3 cm³/mol. The molecule has 2 aliphatic heterocycles. The Balaban J connectivity index is 1.77. The van der Waals surface area contributed by atoms with Crippen LogP contribution in [0.5, 0.6) is 0 Å². The van der Waals surface area contributed by atoms with E-state index in [4.69, 9.17) is 0 Å². The lowest BCUT2D eigenvalue weighted by Crippen LogP contribution is -2.63. The number of likely N-dealkylation sites (N-methyl/N-ethyl adjacent to an activating group) is 1. The largest absolute Gasteiger partial charge is 0.358 e. The number of amides is 1. The summed E-state index contributed by atoms with van der Waals surface area (Å²) in [4.78, 5) is 16.3. The molecule has 92 valence electrons. The molecule has 5 heteroatoms. The first-order valence-electron chi connectivity index (χ1n) is 6.13. The number of nitrogens with zero attached hydrogens (tertiary/aromatic N) is 2. The van der Waals surface area contributed by atoms with Crippen LogP contribution < -0.4 is 10.6 Å². The van der Waals surface area contributed by atoms with Crippen LogP contribution >= 0.6 is 0 Å². The molecule has 0 saturated carbocycles. The molecule has 16 heavy (non-hydrogen) atoms. The van der Waals surface area contributed by atoms with Crippen molar-refractivity contribution in [2.45, 2.75) is 19.0 Å². The summed E-state index contributed by atoms with van der Waals surface area (Å²) in [5, 5.41) is 6.01. The molecule has 0 aliphatic carbocycles. The lowest BCUT2D eigenvalue weighted by Gasteiger charge is -2.44. The number of rotatable bonds is 3. The highest BCUT2D eigenvalue weighted by Gasteiger charge is 2.30. The van der Waals surface area contributed by atoms with E-state index in [-0.39, 0.29) is 11.9 Å². The molecule has 1 atom stereocenters. The molecule has 2 N–H and O–H groups in total. The van der Waals surface area contributed by atoms with Crippen LogP contribution in [0.3, 0.4) is 0 Å². The highest BCUT2D eigenvalue weighted by atomic mass is 16.2. The smallest absolute Gasteiger partial charge is 0.236 e. The average molecular weight is 226 g/mol. The fourth-order valence-corrected chi connectivity index (χ4v) is 2.40. The van der Waals surface area contributed by atoms with Gasteiger partial charge in [0, 0.05) is 52.4 Å². The van der Waals surface area contributed by atoms with E-state index in [2.05, 4.69) is 20.4 Å². The maximum absolute atomic E-state index is 11.5. The van der Waals surface area contributed by atoms with Crippen molar-refractivity contribution in [3.05, 3.63) is 0 Å². The van der Waals surface area contributed by atoms with Crippen LogP contribution in [0.1, 0.15) is 6.92 Å². The standard InChI is InChI=1S/C11H22N4O/c1-9(11(16)12-2)14-3-5-15(6-4-14)10-7-13-8-10/h9-10,13H,3-8H2,1-2H3,(H,12,16). The second-order valence-corrected chi connectivity index (χ2v) is 4.67. The molecule has 0 spiro atoms. The van der Waals surface area contributed by atoms with Crippen LogP contribution in [-0.4, -0.2) is 74.1 Å². The minimum atomic E-state index is 0.00617. The van der Waals surface area contributed by atoms with Crippen molar-refractivity contribution in [3.8, 4) is 0 Å². The number of piperazine rings is 1. The lowest BCUT2D eigenvalue weighted by molar-refractivity contribution is -0.126. The summed E-state index contributed by atoms with van der Waals surface area (Å²) in [6.07, 6.45) is 0. The van der Waals surface area contributed by atoms with Crippen molar-refractivity contribution in [3.63, 3.8) is 0 Å². The van der Waals surface area contributed by atoms with Crippen LogP contribution in [0.25, 0.3) is 0 Å². The van der Waals surface area contributed by atoms with Crippen molar-refractivity contribution in [1.82, 2.24) is 20.4 Å². The molecule has 2 rings (SSSR count). The molecule has 0 aromatic carbocycles. The molecule has 2 saturated heterocycles. The highest BCUT2D eigenvalue weighted by molar-refractivity contribution is 5.80. The van der Waals surface area contributed by atoms with E-state index in [1.54, 1.807) is 7.05 Å². The van der Waals surface area contributed by atoms with Crippen LogP contribution in [-0.2, 0) is 4.79 Å². The zero-order valence-corrected chi connectivity index (χ0v) is 10.2. The Hall–Kier alpha value is -0.650. The van der Waals surface area contributed by atoms with Gasteiger partial charge in [0.05, 0.1) is 6.04 Å². The fraction of sp³-hybridized carbons (Fsp3) is 0.909. The maximum atomic E-state index is 11.5. The monoisotopic (exact) mass is 226 g/mol. The molecule has 5 nitrogen and oxygen atoms in total. The molecule has 1 amide bonds. The molecule has 2 aliphatic rings. The van der Waals surface area contributed by atoms with E-state index in [0.717, 1.165) is 45.3 Å². The molecular formula is C11H22N4O. The molecule has 2 fully saturated rings. The van der Waals surface area contributed by atoms with Crippen molar-refractivity contribution in [2.24, 2.45) is 0 Å². The number of carbonyl (C=O) groups excluding carboxylic acids is 1. The number of carbonyl (C=O) groups is 1. The van der Waals surface area contributed by atoms with Crippen molar-refractivity contribution < 1.29 is 4.79 Å². The fourth-order valence-electron chi connectivity index (χ4n) is 2.40. The molecule has 2 heterocycles.